The van der Waals surface area contributed by atoms with Gasteiger partial charge in [0.05, 0.1) is 5.69 Å². The molecule has 1 N–H and O–H groups in total. The Bertz CT molecular complexity index is 397. The maximum atomic E-state index is 10.9. The molecule has 0 aromatic heterocycles. The molecule has 0 aliphatic carbocycles. The van der Waals surface area contributed by atoms with Crippen LogP contribution in [0.5, 0.6) is 0 Å². The van der Waals surface area contributed by atoms with Gasteiger partial charge in [0.1, 0.15) is 0 Å². The maximum Gasteiger partial charge on any atom is 0.359 e. The molecule has 0 atom stereocenters. The van der Waals surface area contributed by atoms with Gasteiger partial charge in [-0.25, -0.2) is 4.31 Å². The summed E-state index contributed by atoms with van der Waals surface area (Å²) in [4.78, 5) is 0. The minimum Gasteiger partial charge on any atom is -0.269 e. The Morgan fingerprint density at radius 2 is 1.79 bits per heavy atom. The Hall–Kier alpha value is -1.07. The monoisotopic (exact) mass is 215 g/mol. The second-order valence-corrected chi connectivity index (χ2v) is 4.31. The Balaban J connectivity index is 3.08. The van der Waals surface area contributed by atoms with E-state index in [0.717, 1.165) is 9.87 Å². The van der Waals surface area contributed by atoms with Gasteiger partial charge in [0.25, 0.3) is 0 Å². The first-order valence-electron chi connectivity index (χ1n) is 4.27. The van der Waals surface area contributed by atoms with E-state index in [2.05, 4.69) is 0 Å². The molecule has 0 bridgehead atoms. The molecule has 0 unspecified atom stereocenters. The van der Waals surface area contributed by atoms with E-state index in [-0.39, 0.29) is 6.54 Å². The zero-order chi connectivity index (χ0) is 10.8. The third kappa shape index (κ3) is 2.46. The van der Waals surface area contributed by atoms with Crippen LogP contribution < -0.4 is 4.31 Å². The Morgan fingerprint density at radius 1 is 1.29 bits per heavy atom. The summed E-state index contributed by atoms with van der Waals surface area (Å²) in [7, 11) is -4.15. The molecular formula is C9H13NO3S. The van der Waals surface area contributed by atoms with Gasteiger partial charge in [-0.3, -0.25) is 4.55 Å². The maximum absolute atomic E-state index is 10.9. The molecular weight excluding hydrogens is 202 g/mol. The summed E-state index contributed by atoms with van der Waals surface area (Å²) in [6, 6.07) is 6.91. The standard InChI is InChI=1S/C9H13NO3S/c1-3-10(14(11,12)13)9-6-4-8(2)5-7-9/h4-7H,3H2,1-2H3,(H,11,12,13). The van der Waals surface area contributed by atoms with Crippen LogP contribution in [0, 0.1) is 6.92 Å². The number of rotatable bonds is 3. The Labute approximate surface area is 84.1 Å². The van der Waals surface area contributed by atoms with Gasteiger partial charge in [0.2, 0.25) is 0 Å². The van der Waals surface area contributed by atoms with Crippen LogP contribution in [-0.2, 0) is 10.3 Å². The lowest BCUT2D eigenvalue weighted by atomic mass is 10.2. The van der Waals surface area contributed by atoms with Crippen molar-refractivity contribution in [2.24, 2.45) is 0 Å². The molecule has 5 heteroatoms. The molecule has 1 aromatic carbocycles. The smallest absolute Gasteiger partial charge is 0.269 e. The first kappa shape index (κ1) is 11.0. The van der Waals surface area contributed by atoms with Crippen LogP contribution in [-0.4, -0.2) is 19.5 Å². The molecule has 4 nitrogen and oxygen atoms in total. The second kappa shape index (κ2) is 3.98. The average Bonchev–Trinajstić information content (AvgIpc) is 2.07. The van der Waals surface area contributed by atoms with Crippen molar-refractivity contribution in [1.82, 2.24) is 0 Å². The van der Waals surface area contributed by atoms with Gasteiger partial charge in [-0.15, -0.1) is 0 Å². The van der Waals surface area contributed by atoms with E-state index in [0.29, 0.717) is 5.69 Å². The number of benzene rings is 1. The normalized spacial score (nSPS) is 11.4. The molecule has 0 saturated carbocycles. The van der Waals surface area contributed by atoms with Gasteiger partial charge >= 0.3 is 10.3 Å². The number of hydrogen-bond acceptors (Lipinski definition) is 2. The lowest BCUT2D eigenvalue weighted by Gasteiger charge is -2.18. The quantitative estimate of drug-likeness (QED) is 0.779. The minimum absolute atomic E-state index is 0.210. The summed E-state index contributed by atoms with van der Waals surface area (Å²) in [5.74, 6) is 0. The third-order valence-electron chi connectivity index (χ3n) is 1.89. The van der Waals surface area contributed by atoms with E-state index >= 15 is 0 Å². The summed E-state index contributed by atoms with van der Waals surface area (Å²) >= 11 is 0. The second-order valence-electron chi connectivity index (χ2n) is 2.98. The molecule has 0 radical (unpaired) electrons. The van der Waals surface area contributed by atoms with Crippen molar-refractivity contribution in [2.75, 3.05) is 10.8 Å². The van der Waals surface area contributed by atoms with Crippen molar-refractivity contribution >= 4 is 16.0 Å². The van der Waals surface area contributed by atoms with Crippen LogP contribution >= 0.6 is 0 Å². The highest BCUT2D eigenvalue weighted by Gasteiger charge is 2.16. The van der Waals surface area contributed by atoms with Gasteiger partial charge in [0.15, 0.2) is 0 Å². The van der Waals surface area contributed by atoms with Crippen LogP contribution in [0.15, 0.2) is 24.3 Å². The van der Waals surface area contributed by atoms with E-state index in [1.54, 1.807) is 31.2 Å². The number of aryl methyl sites for hydroxylation is 1. The first-order chi connectivity index (χ1) is 6.45. The van der Waals surface area contributed by atoms with Gasteiger partial charge < -0.3 is 0 Å². The fraction of sp³-hybridized carbons (Fsp3) is 0.333. The SMILES string of the molecule is CCN(c1ccc(C)cc1)S(=O)(=O)O. The van der Waals surface area contributed by atoms with Crippen molar-refractivity contribution < 1.29 is 13.0 Å². The Morgan fingerprint density at radius 3 is 2.14 bits per heavy atom. The van der Waals surface area contributed by atoms with E-state index in [4.69, 9.17) is 4.55 Å². The fourth-order valence-electron chi connectivity index (χ4n) is 1.19. The van der Waals surface area contributed by atoms with Gasteiger partial charge in [-0.2, -0.15) is 8.42 Å². The summed E-state index contributed by atoms with van der Waals surface area (Å²) in [5.41, 5.74) is 1.51. The molecule has 1 rings (SSSR count). The highest BCUT2D eigenvalue weighted by Crippen LogP contribution is 2.17. The molecule has 0 heterocycles. The molecule has 0 saturated heterocycles. The van der Waals surface area contributed by atoms with Crippen LogP contribution in [0.3, 0.4) is 0 Å². The van der Waals surface area contributed by atoms with Crippen molar-refractivity contribution in [3.63, 3.8) is 0 Å². The lowest BCUT2D eigenvalue weighted by molar-refractivity contribution is 0.479. The van der Waals surface area contributed by atoms with E-state index < -0.39 is 10.3 Å². The minimum atomic E-state index is -4.15. The van der Waals surface area contributed by atoms with E-state index in [1.165, 1.54) is 0 Å². The molecule has 0 aliphatic heterocycles. The highest BCUT2D eigenvalue weighted by atomic mass is 32.2. The number of hydrogen-bond donors (Lipinski definition) is 1. The van der Waals surface area contributed by atoms with Crippen LogP contribution in [0.2, 0.25) is 0 Å². The molecule has 0 fully saturated rings. The summed E-state index contributed by atoms with van der Waals surface area (Å²) in [6.45, 7) is 3.78. The molecule has 0 amide bonds. The van der Waals surface area contributed by atoms with Crippen LogP contribution in [0.1, 0.15) is 12.5 Å². The van der Waals surface area contributed by atoms with Crippen molar-refractivity contribution in [1.29, 1.82) is 0 Å². The van der Waals surface area contributed by atoms with Gasteiger partial charge in [-0.05, 0) is 26.0 Å². The molecule has 14 heavy (non-hydrogen) atoms. The predicted molar refractivity (Wildman–Crippen MR) is 55.7 cm³/mol. The summed E-state index contributed by atoms with van der Waals surface area (Å²) in [5, 5.41) is 0. The van der Waals surface area contributed by atoms with Crippen LogP contribution in [0.25, 0.3) is 0 Å². The predicted octanol–water partition coefficient (Wildman–Crippen LogP) is 1.62. The fourth-order valence-corrected chi connectivity index (χ4v) is 1.90. The van der Waals surface area contributed by atoms with Crippen LogP contribution in [0.4, 0.5) is 5.69 Å². The topological polar surface area (TPSA) is 57.6 Å². The molecule has 0 spiro atoms. The lowest BCUT2D eigenvalue weighted by Crippen LogP contribution is -2.29. The van der Waals surface area contributed by atoms with Crippen molar-refractivity contribution in [3.8, 4) is 0 Å². The third-order valence-corrected chi connectivity index (χ3v) is 2.91. The van der Waals surface area contributed by atoms with E-state index in [9.17, 15) is 8.42 Å². The zero-order valence-electron chi connectivity index (χ0n) is 8.14. The average molecular weight is 215 g/mol. The summed E-state index contributed by atoms with van der Waals surface area (Å²) in [6.07, 6.45) is 0. The molecule has 0 aliphatic rings. The van der Waals surface area contributed by atoms with E-state index in [1.807, 2.05) is 6.92 Å². The van der Waals surface area contributed by atoms with Crippen molar-refractivity contribution in [3.05, 3.63) is 29.8 Å². The van der Waals surface area contributed by atoms with Crippen molar-refractivity contribution in [2.45, 2.75) is 13.8 Å². The molecule has 1 aromatic rings. The highest BCUT2D eigenvalue weighted by molar-refractivity contribution is 7.87. The zero-order valence-corrected chi connectivity index (χ0v) is 8.95. The largest absolute Gasteiger partial charge is 0.359 e. The number of anilines is 1. The first-order valence-corrected chi connectivity index (χ1v) is 5.66. The Kier molecular flexibility index (Phi) is 3.13. The number of nitrogens with zero attached hydrogens (tertiary/aromatic N) is 1. The van der Waals surface area contributed by atoms with Gasteiger partial charge in [0, 0.05) is 6.54 Å². The van der Waals surface area contributed by atoms with Gasteiger partial charge in [-0.1, -0.05) is 17.7 Å². The molecule has 78 valence electrons. The summed E-state index contributed by atoms with van der Waals surface area (Å²) < 4.78 is 31.7.